The third-order valence-electron chi connectivity index (χ3n) is 3.39. The second-order valence-corrected chi connectivity index (χ2v) is 6.96. The molecule has 0 aliphatic heterocycles. The van der Waals surface area contributed by atoms with Gasteiger partial charge in [0.25, 0.3) is 0 Å². The van der Waals surface area contributed by atoms with Crippen LogP contribution in [0.25, 0.3) is 0 Å². The van der Waals surface area contributed by atoms with E-state index >= 15 is 0 Å². The maximum atomic E-state index is 12.2. The lowest BCUT2D eigenvalue weighted by atomic mass is 10.2. The highest BCUT2D eigenvalue weighted by atomic mass is 16.6. The van der Waals surface area contributed by atoms with Crippen molar-refractivity contribution in [3.8, 4) is 0 Å². The molecule has 2 amide bonds. The molecule has 23 heavy (non-hydrogen) atoms. The van der Waals surface area contributed by atoms with Crippen molar-refractivity contribution in [2.75, 3.05) is 6.61 Å². The first-order chi connectivity index (χ1) is 10.5. The predicted octanol–water partition coefficient (Wildman–Crippen LogP) is 3.89. The van der Waals surface area contributed by atoms with Gasteiger partial charge in [0.1, 0.15) is 12.7 Å². The van der Waals surface area contributed by atoms with Crippen LogP contribution in [0.1, 0.15) is 62.3 Å². The Morgan fingerprint density at radius 2 is 1.04 bits per heavy atom. The minimum Gasteiger partial charge on any atom is -0.445 e. The standard InChI is InChI=1S/C17H34N2O4/c1-11(2)18(12(3)4)16(20)22-10-15(9)23-17(21)19(13(5)6)14(7)8/h11-15H,10H2,1-9H3. The van der Waals surface area contributed by atoms with E-state index in [2.05, 4.69) is 0 Å². The van der Waals surface area contributed by atoms with Crippen LogP contribution in [0.15, 0.2) is 0 Å². The molecule has 1 unspecified atom stereocenters. The molecular weight excluding hydrogens is 296 g/mol. The Hall–Kier alpha value is -1.46. The van der Waals surface area contributed by atoms with Crippen LogP contribution < -0.4 is 0 Å². The van der Waals surface area contributed by atoms with E-state index in [1.807, 2.05) is 55.4 Å². The van der Waals surface area contributed by atoms with E-state index < -0.39 is 6.10 Å². The average molecular weight is 330 g/mol. The first-order valence-electron chi connectivity index (χ1n) is 8.43. The predicted molar refractivity (Wildman–Crippen MR) is 91.5 cm³/mol. The first-order valence-corrected chi connectivity index (χ1v) is 8.43. The van der Waals surface area contributed by atoms with Gasteiger partial charge in [0.2, 0.25) is 0 Å². The van der Waals surface area contributed by atoms with Crippen molar-refractivity contribution in [3.05, 3.63) is 0 Å². The van der Waals surface area contributed by atoms with Gasteiger partial charge in [0.05, 0.1) is 0 Å². The maximum Gasteiger partial charge on any atom is 0.410 e. The van der Waals surface area contributed by atoms with E-state index in [9.17, 15) is 9.59 Å². The van der Waals surface area contributed by atoms with E-state index in [-0.39, 0.29) is 43.0 Å². The molecule has 0 fully saturated rings. The summed E-state index contributed by atoms with van der Waals surface area (Å²) >= 11 is 0. The summed E-state index contributed by atoms with van der Waals surface area (Å²) in [7, 11) is 0. The second kappa shape index (κ2) is 9.63. The van der Waals surface area contributed by atoms with Gasteiger partial charge in [-0.2, -0.15) is 0 Å². The lowest BCUT2D eigenvalue weighted by Crippen LogP contribution is -2.45. The zero-order chi connectivity index (χ0) is 18.3. The number of carbonyl (C=O) groups excluding carboxylic acids is 2. The van der Waals surface area contributed by atoms with Crippen molar-refractivity contribution < 1.29 is 19.1 Å². The highest BCUT2D eigenvalue weighted by Crippen LogP contribution is 2.11. The Kier molecular flexibility index (Phi) is 9.02. The molecular formula is C17H34N2O4. The van der Waals surface area contributed by atoms with Crippen molar-refractivity contribution in [1.82, 2.24) is 9.80 Å². The molecule has 0 N–H and O–H groups in total. The fourth-order valence-corrected chi connectivity index (χ4v) is 2.57. The van der Waals surface area contributed by atoms with Crippen molar-refractivity contribution in [2.45, 2.75) is 92.6 Å². The Bertz CT molecular complexity index is 365. The number of hydrogen-bond acceptors (Lipinski definition) is 4. The molecule has 0 rings (SSSR count). The maximum absolute atomic E-state index is 12.2. The normalized spacial score (nSPS) is 12.7. The van der Waals surface area contributed by atoms with Gasteiger partial charge in [-0.15, -0.1) is 0 Å². The fourth-order valence-electron chi connectivity index (χ4n) is 2.57. The summed E-state index contributed by atoms with van der Waals surface area (Å²) in [6, 6.07) is 0.208. The van der Waals surface area contributed by atoms with Crippen molar-refractivity contribution in [1.29, 1.82) is 0 Å². The number of hydrogen-bond donors (Lipinski definition) is 0. The van der Waals surface area contributed by atoms with Crippen molar-refractivity contribution in [3.63, 3.8) is 0 Å². The zero-order valence-corrected chi connectivity index (χ0v) is 16.1. The van der Waals surface area contributed by atoms with Gasteiger partial charge in [0.15, 0.2) is 0 Å². The largest absolute Gasteiger partial charge is 0.445 e. The summed E-state index contributed by atoms with van der Waals surface area (Å²) in [5.74, 6) is 0. The Morgan fingerprint density at radius 1 is 0.696 bits per heavy atom. The molecule has 0 spiro atoms. The van der Waals surface area contributed by atoms with E-state index in [1.165, 1.54) is 0 Å². The first kappa shape index (κ1) is 21.5. The Morgan fingerprint density at radius 3 is 1.39 bits per heavy atom. The smallest absolute Gasteiger partial charge is 0.410 e. The number of amides is 2. The quantitative estimate of drug-likeness (QED) is 0.710. The topological polar surface area (TPSA) is 59.1 Å². The van der Waals surface area contributed by atoms with Crippen LogP contribution in [0, 0.1) is 0 Å². The Labute approximate surface area is 141 Å². The number of rotatable bonds is 7. The average Bonchev–Trinajstić information content (AvgIpc) is 2.34. The van der Waals surface area contributed by atoms with Crippen molar-refractivity contribution >= 4 is 12.2 Å². The molecule has 1 atom stereocenters. The molecule has 0 radical (unpaired) electrons. The molecule has 136 valence electrons. The molecule has 6 nitrogen and oxygen atoms in total. The second-order valence-electron chi connectivity index (χ2n) is 6.96. The van der Waals surface area contributed by atoms with E-state index in [1.54, 1.807) is 16.7 Å². The van der Waals surface area contributed by atoms with E-state index in [0.29, 0.717) is 0 Å². The van der Waals surface area contributed by atoms with Gasteiger partial charge in [0, 0.05) is 24.2 Å². The van der Waals surface area contributed by atoms with Gasteiger partial charge >= 0.3 is 12.2 Å². The van der Waals surface area contributed by atoms with Crippen LogP contribution in [0.2, 0.25) is 0 Å². The molecule has 0 aliphatic carbocycles. The van der Waals surface area contributed by atoms with Gasteiger partial charge in [-0.25, -0.2) is 9.59 Å². The van der Waals surface area contributed by atoms with E-state index in [0.717, 1.165) is 0 Å². The van der Waals surface area contributed by atoms with Crippen LogP contribution in [0.3, 0.4) is 0 Å². The van der Waals surface area contributed by atoms with Crippen LogP contribution >= 0.6 is 0 Å². The fraction of sp³-hybridized carbons (Fsp3) is 0.882. The third kappa shape index (κ3) is 7.10. The van der Waals surface area contributed by atoms with Crippen LogP contribution in [0.4, 0.5) is 9.59 Å². The molecule has 0 saturated carbocycles. The highest BCUT2D eigenvalue weighted by molar-refractivity contribution is 5.69. The molecule has 0 aliphatic rings. The summed E-state index contributed by atoms with van der Waals surface area (Å²) in [5.41, 5.74) is 0. The lowest BCUT2D eigenvalue weighted by Gasteiger charge is -2.32. The van der Waals surface area contributed by atoms with Crippen LogP contribution in [0.5, 0.6) is 0 Å². The summed E-state index contributed by atoms with van der Waals surface area (Å²) in [6.07, 6.45) is -1.27. The number of carbonyl (C=O) groups is 2. The van der Waals surface area contributed by atoms with Gasteiger partial charge in [-0.1, -0.05) is 0 Å². The minimum atomic E-state index is -0.493. The lowest BCUT2D eigenvalue weighted by molar-refractivity contribution is 0.00964. The summed E-state index contributed by atoms with van der Waals surface area (Å²) in [4.78, 5) is 27.6. The van der Waals surface area contributed by atoms with Gasteiger partial charge < -0.3 is 19.3 Å². The molecule has 0 aromatic heterocycles. The highest BCUT2D eigenvalue weighted by Gasteiger charge is 2.25. The van der Waals surface area contributed by atoms with Gasteiger partial charge in [-0.3, -0.25) is 0 Å². The summed E-state index contributed by atoms with van der Waals surface area (Å²) < 4.78 is 10.7. The molecule has 0 heterocycles. The van der Waals surface area contributed by atoms with E-state index in [4.69, 9.17) is 9.47 Å². The molecule has 0 aromatic carbocycles. The molecule has 0 bridgehead atoms. The third-order valence-corrected chi connectivity index (χ3v) is 3.39. The number of ether oxygens (including phenoxy) is 2. The van der Waals surface area contributed by atoms with Crippen LogP contribution in [-0.4, -0.2) is 58.9 Å². The molecule has 0 aromatic rings. The summed E-state index contributed by atoms with van der Waals surface area (Å²) in [6.45, 7) is 17.3. The monoisotopic (exact) mass is 330 g/mol. The molecule has 0 saturated heterocycles. The van der Waals surface area contributed by atoms with Crippen molar-refractivity contribution in [2.24, 2.45) is 0 Å². The SMILES string of the molecule is CC(COC(=O)N(C(C)C)C(C)C)OC(=O)N(C(C)C)C(C)C. The number of nitrogens with zero attached hydrogens (tertiary/aromatic N) is 2. The van der Waals surface area contributed by atoms with Crippen LogP contribution in [-0.2, 0) is 9.47 Å². The summed E-state index contributed by atoms with van der Waals surface area (Å²) in [5, 5.41) is 0. The Balaban J connectivity index is 4.53. The van der Waals surface area contributed by atoms with Gasteiger partial charge in [-0.05, 0) is 62.3 Å². The molecule has 6 heteroatoms. The zero-order valence-electron chi connectivity index (χ0n) is 16.1. The minimum absolute atomic E-state index is 0.0462.